The summed E-state index contributed by atoms with van der Waals surface area (Å²) in [7, 11) is 0. The summed E-state index contributed by atoms with van der Waals surface area (Å²) in [5.74, 6) is 0.715. The number of rotatable bonds is 4. The summed E-state index contributed by atoms with van der Waals surface area (Å²) in [4.78, 5) is 17.9. The van der Waals surface area contributed by atoms with Crippen LogP contribution in [-0.4, -0.2) is 29.3 Å². The average molecular weight is 434 g/mol. The fourth-order valence-corrected chi connectivity index (χ4v) is 4.11. The minimum absolute atomic E-state index is 0.146. The minimum Gasteiger partial charge on any atom is -0.434 e. The first-order chi connectivity index (χ1) is 12.5. The lowest BCUT2D eigenvalue weighted by Crippen LogP contribution is -2.20. The maximum atomic E-state index is 10.9. The zero-order chi connectivity index (χ0) is 18.3. The van der Waals surface area contributed by atoms with Crippen LogP contribution >= 0.6 is 27.5 Å². The Bertz CT molecular complexity index is 985. The van der Waals surface area contributed by atoms with Crippen molar-refractivity contribution >= 4 is 44.9 Å². The third-order valence-electron chi connectivity index (χ3n) is 4.91. The van der Waals surface area contributed by atoms with Crippen molar-refractivity contribution in [3.63, 3.8) is 0 Å². The van der Waals surface area contributed by atoms with E-state index < -0.39 is 0 Å². The monoisotopic (exact) mass is 432 g/mol. The summed E-state index contributed by atoms with van der Waals surface area (Å²) >= 11 is 10.0. The van der Waals surface area contributed by atoms with E-state index in [1.807, 2.05) is 37.3 Å². The highest BCUT2D eigenvalue weighted by Crippen LogP contribution is 2.34. The summed E-state index contributed by atoms with van der Waals surface area (Å²) in [6.45, 7) is 4.52. The van der Waals surface area contributed by atoms with Gasteiger partial charge in [0.15, 0.2) is 5.58 Å². The summed E-state index contributed by atoms with van der Waals surface area (Å²) in [5, 5.41) is 0.565. The van der Waals surface area contributed by atoms with Gasteiger partial charge in [-0.2, -0.15) is 0 Å². The van der Waals surface area contributed by atoms with Crippen LogP contribution < -0.4 is 0 Å². The minimum atomic E-state index is 0.146. The van der Waals surface area contributed by atoms with E-state index in [-0.39, 0.29) is 5.92 Å². The van der Waals surface area contributed by atoms with Gasteiger partial charge in [0.05, 0.1) is 5.02 Å². The Morgan fingerprint density at radius 1 is 1.42 bits per heavy atom. The molecule has 0 bridgehead atoms. The number of aldehydes is 1. The van der Waals surface area contributed by atoms with Crippen molar-refractivity contribution in [2.45, 2.75) is 19.9 Å². The SMILES string of the molecule is Cc1c(Br)cccc1-c1nc2cc(CN3CC[C@@H](C=O)C3)cc(Cl)c2o1. The average Bonchev–Trinajstić information content (AvgIpc) is 3.24. The standard InChI is InChI=1S/C20H18BrClN2O2/c1-12-15(3-2-4-16(12)21)20-23-18-8-14(7-17(22)19(18)26-20)10-24-6-5-13(9-24)11-25/h2-4,7-8,11,13H,5-6,9-10H2,1H3/t13-/m1/s1. The predicted octanol–water partition coefficient (Wildman–Crippen LogP) is 5.24. The van der Waals surface area contributed by atoms with Crippen LogP contribution in [0.4, 0.5) is 0 Å². The van der Waals surface area contributed by atoms with Crippen LogP contribution in [0.2, 0.25) is 5.02 Å². The molecular weight excluding hydrogens is 416 g/mol. The third-order valence-corrected chi connectivity index (χ3v) is 6.05. The van der Waals surface area contributed by atoms with E-state index >= 15 is 0 Å². The third kappa shape index (κ3) is 3.31. The van der Waals surface area contributed by atoms with Gasteiger partial charge in [-0.1, -0.05) is 33.6 Å². The van der Waals surface area contributed by atoms with Crippen LogP contribution in [0, 0.1) is 12.8 Å². The summed E-state index contributed by atoms with van der Waals surface area (Å²) < 4.78 is 6.97. The van der Waals surface area contributed by atoms with Gasteiger partial charge in [0.25, 0.3) is 0 Å². The van der Waals surface area contributed by atoms with Crippen molar-refractivity contribution in [2.75, 3.05) is 13.1 Å². The molecule has 0 radical (unpaired) electrons. The van der Waals surface area contributed by atoms with E-state index in [0.717, 1.165) is 59.0 Å². The van der Waals surface area contributed by atoms with Crippen molar-refractivity contribution in [1.29, 1.82) is 0 Å². The molecule has 2 aromatic carbocycles. The van der Waals surface area contributed by atoms with Crippen molar-refractivity contribution < 1.29 is 9.21 Å². The first kappa shape index (κ1) is 17.7. The number of carbonyl (C=O) groups is 1. The largest absolute Gasteiger partial charge is 0.434 e. The fraction of sp³-hybridized carbons (Fsp3) is 0.300. The quantitative estimate of drug-likeness (QED) is 0.528. The smallest absolute Gasteiger partial charge is 0.227 e. The highest BCUT2D eigenvalue weighted by molar-refractivity contribution is 9.10. The number of oxazole rings is 1. The van der Waals surface area contributed by atoms with Gasteiger partial charge in [-0.05, 0) is 55.3 Å². The van der Waals surface area contributed by atoms with Crippen LogP contribution in [0.1, 0.15) is 17.5 Å². The Kier molecular flexibility index (Phi) is 4.86. The Labute approximate surface area is 165 Å². The Morgan fingerprint density at radius 2 is 2.27 bits per heavy atom. The number of benzene rings is 2. The Hall–Kier alpha value is -1.69. The molecular formula is C20H18BrClN2O2. The van der Waals surface area contributed by atoms with E-state index in [1.165, 1.54) is 0 Å². The molecule has 0 aliphatic carbocycles. The zero-order valence-electron chi connectivity index (χ0n) is 14.3. The summed E-state index contributed by atoms with van der Waals surface area (Å²) in [6.07, 6.45) is 1.98. The highest BCUT2D eigenvalue weighted by Gasteiger charge is 2.22. The molecule has 4 nitrogen and oxygen atoms in total. The van der Waals surface area contributed by atoms with Gasteiger partial charge in [-0.3, -0.25) is 4.90 Å². The molecule has 3 aromatic rings. The molecule has 26 heavy (non-hydrogen) atoms. The second kappa shape index (κ2) is 7.14. The van der Waals surface area contributed by atoms with Gasteiger partial charge in [-0.15, -0.1) is 0 Å². The molecule has 0 unspecified atom stereocenters. The van der Waals surface area contributed by atoms with Gasteiger partial charge >= 0.3 is 0 Å². The molecule has 1 fully saturated rings. The zero-order valence-corrected chi connectivity index (χ0v) is 16.7. The maximum absolute atomic E-state index is 10.9. The van der Waals surface area contributed by atoms with Gasteiger partial charge in [0, 0.05) is 29.0 Å². The van der Waals surface area contributed by atoms with E-state index in [4.69, 9.17) is 16.0 Å². The molecule has 1 aliphatic rings. The lowest BCUT2D eigenvalue weighted by molar-refractivity contribution is -0.110. The summed E-state index contributed by atoms with van der Waals surface area (Å²) in [6, 6.07) is 9.90. The lowest BCUT2D eigenvalue weighted by atomic mass is 10.1. The number of likely N-dealkylation sites (tertiary alicyclic amines) is 1. The molecule has 0 amide bonds. The topological polar surface area (TPSA) is 46.3 Å². The highest BCUT2D eigenvalue weighted by atomic mass is 79.9. The van der Waals surface area contributed by atoms with Gasteiger partial charge in [0.2, 0.25) is 5.89 Å². The van der Waals surface area contributed by atoms with Crippen LogP contribution in [0.15, 0.2) is 39.2 Å². The molecule has 0 spiro atoms. The van der Waals surface area contributed by atoms with Gasteiger partial charge in [0.1, 0.15) is 11.8 Å². The van der Waals surface area contributed by atoms with E-state index in [1.54, 1.807) is 0 Å². The van der Waals surface area contributed by atoms with Crippen LogP contribution in [0.3, 0.4) is 0 Å². The molecule has 2 heterocycles. The second-order valence-electron chi connectivity index (χ2n) is 6.78. The molecule has 1 saturated heterocycles. The fourth-order valence-electron chi connectivity index (χ4n) is 3.47. The predicted molar refractivity (Wildman–Crippen MR) is 106 cm³/mol. The van der Waals surface area contributed by atoms with Gasteiger partial charge in [-0.25, -0.2) is 4.98 Å². The number of aromatic nitrogens is 1. The number of hydrogen-bond acceptors (Lipinski definition) is 4. The molecule has 0 saturated carbocycles. The van der Waals surface area contributed by atoms with Crippen molar-refractivity contribution in [1.82, 2.24) is 9.88 Å². The molecule has 4 rings (SSSR count). The van der Waals surface area contributed by atoms with Crippen LogP contribution in [0.25, 0.3) is 22.6 Å². The number of carbonyl (C=O) groups excluding carboxylic acids is 1. The van der Waals surface area contributed by atoms with E-state index in [2.05, 4.69) is 25.8 Å². The molecule has 1 aliphatic heterocycles. The first-order valence-electron chi connectivity index (χ1n) is 8.57. The molecule has 6 heteroatoms. The lowest BCUT2D eigenvalue weighted by Gasteiger charge is -2.15. The molecule has 134 valence electrons. The second-order valence-corrected chi connectivity index (χ2v) is 8.04. The number of halogens is 2. The molecule has 1 aromatic heterocycles. The van der Waals surface area contributed by atoms with Crippen LogP contribution in [-0.2, 0) is 11.3 Å². The van der Waals surface area contributed by atoms with Crippen molar-refractivity contribution in [2.24, 2.45) is 5.92 Å². The number of nitrogens with zero attached hydrogens (tertiary/aromatic N) is 2. The van der Waals surface area contributed by atoms with Crippen molar-refractivity contribution in [3.8, 4) is 11.5 Å². The molecule has 0 N–H and O–H groups in total. The van der Waals surface area contributed by atoms with Crippen LogP contribution in [0.5, 0.6) is 0 Å². The maximum Gasteiger partial charge on any atom is 0.227 e. The number of fused-ring (bicyclic) bond motifs is 1. The number of hydrogen-bond donors (Lipinski definition) is 0. The Morgan fingerprint density at radius 3 is 3.04 bits per heavy atom. The van der Waals surface area contributed by atoms with Crippen molar-refractivity contribution in [3.05, 3.63) is 51.0 Å². The molecule has 1 atom stereocenters. The summed E-state index contributed by atoms with van der Waals surface area (Å²) in [5.41, 5.74) is 4.47. The van der Waals surface area contributed by atoms with Gasteiger partial charge < -0.3 is 9.21 Å². The van der Waals surface area contributed by atoms with E-state index in [0.29, 0.717) is 16.5 Å². The van der Waals surface area contributed by atoms with E-state index in [9.17, 15) is 4.79 Å². The normalized spacial score (nSPS) is 17.9. The first-order valence-corrected chi connectivity index (χ1v) is 9.74. The Balaban J connectivity index is 1.67.